The first-order chi connectivity index (χ1) is 15.0. The molecule has 1 amide bonds. The van der Waals surface area contributed by atoms with E-state index in [-0.39, 0.29) is 57.5 Å². The molecule has 1 saturated heterocycles. The van der Waals surface area contributed by atoms with Gasteiger partial charge in [-0.15, -0.1) is 0 Å². The first kappa shape index (κ1) is 23.5. The number of carbonyl (C=O) groups excluding carboxylic acids is 1. The maximum absolute atomic E-state index is 14.6. The van der Waals surface area contributed by atoms with Crippen LogP contribution in [0.1, 0.15) is 30.4 Å². The van der Waals surface area contributed by atoms with Crippen molar-refractivity contribution in [3.63, 3.8) is 0 Å². The Balaban J connectivity index is 1.57. The van der Waals surface area contributed by atoms with Crippen molar-refractivity contribution in [2.75, 3.05) is 18.0 Å². The molecule has 1 N–H and O–H groups in total. The van der Waals surface area contributed by atoms with E-state index in [2.05, 4.69) is 5.32 Å². The van der Waals surface area contributed by atoms with Gasteiger partial charge in [-0.2, -0.15) is 13.2 Å². The second kappa shape index (κ2) is 8.58. The number of alkyl halides is 3. The van der Waals surface area contributed by atoms with Gasteiger partial charge in [0.25, 0.3) is 0 Å². The van der Waals surface area contributed by atoms with Crippen molar-refractivity contribution < 1.29 is 22.4 Å². The van der Waals surface area contributed by atoms with Crippen LogP contribution in [0.2, 0.25) is 15.1 Å². The molecule has 32 heavy (non-hydrogen) atoms. The van der Waals surface area contributed by atoms with E-state index in [0.717, 1.165) is 12.8 Å². The van der Waals surface area contributed by atoms with E-state index in [0.29, 0.717) is 5.69 Å². The van der Waals surface area contributed by atoms with Crippen molar-refractivity contribution in [3.8, 4) is 0 Å². The number of nitrogens with zero attached hydrogens (tertiary/aromatic N) is 1. The molecule has 2 fully saturated rings. The van der Waals surface area contributed by atoms with Crippen molar-refractivity contribution >= 4 is 46.4 Å². The van der Waals surface area contributed by atoms with Crippen LogP contribution in [-0.4, -0.2) is 25.2 Å². The van der Waals surface area contributed by atoms with Crippen LogP contribution in [0.3, 0.4) is 0 Å². The highest BCUT2D eigenvalue weighted by Crippen LogP contribution is 2.50. The number of halogens is 7. The summed E-state index contributed by atoms with van der Waals surface area (Å²) in [6.07, 6.45) is -3.15. The van der Waals surface area contributed by atoms with E-state index >= 15 is 0 Å². The fourth-order valence-corrected chi connectivity index (χ4v) is 4.64. The van der Waals surface area contributed by atoms with Crippen molar-refractivity contribution in [1.82, 2.24) is 5.32 Å². The Morgan fingerprint density at radius 3 is 2.34 bits per heavy atom. The summed E-state index contributed by atoms with van der Waals surface area (Å²) in [6, 6.07) is 6.64. The second-order valence-electron chi connectivity index (χ2n) is 8.27. The number of rotatable bonds is 5. The number of anilines is 1. The van der Waals surface area contributed by atoms with Crippen LogP contribution in [-0.2, 0) is 16.8 Å². The highest BCUT2D eigenvalue weighted by Gasteiger charge is 2.59. The average Bonchev–Trinajstić information content (AvgIpc) is 3.47. The fraction of sp³-hybridized carbons (Fsp3) is 0.409. The Bertz CT molecular complexity index is 1030. The van der Waals surface area contributed by atoms with Crippen molar-refractivity contribution in [3.05, 3.63) is 62.3 Å². The SMILES string of the molecule is O=C(NCc1ccc(N2CC[C@](c3cc(Cl)c(Cl)c(Cl)c3)(C(F)(F)F)C2)cc1F)C1CC1. The molecule has 172 valence electrons. The molecule has 3 nitrogen and oxygen atoms in total. The third-order valence-corrected chi connectivity index (χ3v) is 7.35. The van der Waals surface area contributed by atoms with Gasteiger partial charge in [-0.1, -0.05) is 40.9 Å². The van der Waals surface area contributed by atoms with E-state index in [1.54, 1.807) is 6.07 Å². The molecule has 1 saturated carbocycles. The fourth-order valence-electron chi connectivity index (χ4n) is 4.04. The molecule has 2 aromatic rings. The van der Waals surface area contributed by atoms with E-state index in [1.165, 1.54) is 29.2 Å². The first-order valence-electron chi connectivity index (χ1n) is 10.0. The van der Waals surface area contributed by atoms with E-state index in [1.807, 2.05) is 0 Å². The van der Waals surface area contributed by atoms with Gasteiger partial charge in [-0.25, -0.2) is 4.39 Å². The van der Waals surface area contributed by atoms with Crippen molar-refractivity contribution in [2.24, 2.45) is 5.92 Å². The Hall–Kier alpha value is -1.70. The Morgan fingerprint density at radius 1 is 1.12 bits per heavy atom. The molecule has 10 heteroatoms. The average molecular weight is 510 g/mol. The van der Waals surface area contributed by atoms with Gasteiger partial charge in [0.2, 0.25) is 5.91 Å². The summed E-state index contributed by atoms with van der Waals surface area (Å²) in [4.78, 5) is 13.2. The molecule has 2 aromatic carbocycles. The zero-order valence-electron chi connectivity index (χ0n) is 16.7. The van der Waals surface area contributed by atoms with Crippen molar-refractivity contribution in [2.45, 2.75) is 37.4 Å². The molecule has 0 spiro atoms. The lowest BCUT2D eigenvalue weighted by Crippen LogP contribution is -2.45. The highest BCUT2D eigenvalue weighted by atomic mass is 35.5. The maximum atomic E-state index is 14.6. The third kappa shape index (κ3) is 4.39. The van der Waals surface area contributed by atoms with Gasteiger partial charge in [0.15, 0.2) is 0 Å². The normalized spacial score (nSPS) is 21.2. The van der Waals surface area contributed by atoms with E-state index in [9.17, 15) is 22.4 Å². The summed E-state index contributed by atoms with van der Waals surface area (Å²) < 4.78 is 57.5. The van der Waals surface area contributed by atoms with E-state index < -0.39 is 24.0 Å². The largest absolute Gasteiger partial charge is 0.400 e. The Morgan fingerprint density at radius 2 is 1.78 bits per heavy atom. The number of amides is 1. The molecule has 2 aliphatic rings. The topological polar surface area (TPSA) is 32.3 Å². The predicted octanol–water partition coefficient (Wildman–Crippen LogP) is 6.52. The van der Waals surface area contributed by atoms with Crippen LogP contribution in [0.25, 0.3) is 0 Å². The number of nitrogens with one attached hydrogen (secondary N) is 1. The monoisotopic (exact) mass is 508 g/mol. The molecule has 1 atom stereocenters. The molecule has 1 aliphatic carbocycles. The number of carbonyl (C=O) groups is 1. The minimum atomic E-state index is -4.59. The van der Waals surface area contributed by atoms with Crippen LogP contribution in [0.4, 0.5) is 23.2 Å². The van der Waals surface area contributed by atoms with Gasteiger partial charge >= 0.3 is 6.18 Å². The van der Waals surface area contributed by atoms with Gasteiger partial charge in [0.1, 0.15) is 11.2 Å². The molecule has 1 aliphatic heterocycles. The summed E-state index contributed by atoms with van der Waals surface area (Å²) in [5.41, 5.74) is -1.69. The standard InChI is InChI=1S/C22H19Cl3F4N2O/c23-16-7-14(8-17(24)19(16)25)21(22(27,28)29)5-6-31(11-21)15-4-3-13(18(26)9-15)10-30-20(32)12-1-2-12/h3-4,7-9,12H,1-2,5-6,10-11H2,(H,30,32)/t21-/m0/s1. The zero-order chi connectivity index (χ0) is 23.3. The Kier molecular flexibility index (Phi) is 6.29. The predicted molar refractivity (Wildman–Crippen MR) is 117 cm³/mol. The molecule has 0 aromatic heterocycles. The van der Waals surface area contributed by atoms with Crippen LogP contribution in [0, 0.1) is 11.7 Å². The maximum Gasteiger partial charge on any atom is 0.400 e. The highest BCUT2D eigenvalue weighted by molar-refractivity contribution is 6.48. The van der Waals surface area contributed by atoms with Gasteiger partial charge < -0.3 is 10.2 Å². The summed E-state index contributed by atoms with van der Waals surface area (Å²) in [6.45, 7) is -0.313. The minimum Gasteiger partial charge on any atom is -0.370 e. The van der Waals surface area contributed by atoms with Gasteiger partial charge in [0.05, 0.1) is 15.1 Å². The van der Waals surface area contributed by atoms with Crippen molar-refractivity contribution in [1.29, 1.82) is 0 Å². The third-order valence-electron chi connectivity index (χ3n) is 6.15. The van der Waals surface area contributed by atoms with Gasteiger partial charge in [-0.05, 0) is 49.1 Å². The molecule has 0 bridgehead atoms. The molecule has 1 heterocycles. The molecular weight excluding hydrogens is 491 g/mol. The number of benzene rings is 2. The number of hydrogen-bond acceptors (Lipinski definition) is 2. The van der Waals surface area contributed by atoms with Crippen LogP contribution < -0.4 is 10.2 Å². The lowest BCUT2D eigenvalue weighted by atomic mass is 9.79. The molecule has 0 radical (unpaired) electrons. The number of hydrogen-bond donors (Lipinski definition) is 1. The quantitative estimate of drug-likeness (QED) is 0.367. The molecular formula is C22H19Cl3F4N2O. The summed E-state index contributed by atoms with van der Waals surface area (Å²) in [5, 5.41) is 2.57. The second-order valence-corrected chi connectivity index (χ2v) is 9.47. The smallest absolute Gasteiger partial charge is 0.370 e. The van der Waals surface area contributed by atoms with Crippen LogP contribution in [0.15, 0.2) is 30.3 Å². The zero-order valence-corrected chi connectivity index (χ0v) is 19.0. The summed E-state index contributed by atoms with van der Waals surface area (Å²) in [7, 11) is 0. The van der Waals surface area contributed by atoms with Crippen LogP contribution in [0.5, 0.6) is 0 Å². The van der Waals surface area contributed by atoms with Gasteiger partial charge in [-0.3, -0.25) is 4.79 Å². The lowest BCUT2D eigenvalue weighted by molar-refractivity contribution is -0.184. The summed E-state index contributed by atoms with van der Waals surface area (Å²) in [5.74, 6) is -0.684. The Labute approximate surface area is 197 Å². The molecule has 0 unspecified atom stereocenters. The van der Waals surface area contributed by atoms with E-state index in [4.69, 9.17) is 34.8 Å². The van der Waals surface area contributed by atoms with Gasteiger partial charge in [0, 0.05) is 36.8 Å². The summed E-state index contributed by atoms with van der Waals surface area (Å²) >= 11 is 17.9. The molecule has 4 rings (SSSR count). The first-order valence-corrected chi connectivity index (χ1v) is 11.2. The lowest BCUT2D eigenvalue weighted by Gasteiger charge is -2.33. The van der Waals surface area contributed by atoms with Crippen LogP contribution >= 0.6 is 34.8 Å². The minimum absolute atomic E-state index is 0.00398.